The lowest BCUT2D eigenvalue weighted by Crippen LogP contribution is -2.15. The molecular formula is C31H25F3O4. The third-order valence-corrected chi connectivity index (χ3v) is 6.25. The van der Waals surface area contributed by atoms with Crippen LogP contribution < -0.4 is 14.9 Å². The van der Waals surface area contributed by atoms with E-state index in [0.29, 0.717) is 0 Å². The van der Waals surface area contributed by atoms with E-state index in [1.54, 1.807) is 24.3 Å². The zero-order valence-electron chi connectivity index (χ0n) is 21.1. The van der Waals surface area contributed by atoms with Gasteiger partial charge in [-0.3, -0.25) is 4.79 Å². The van der Waals surface area contributed by atoms with E-state index >= 15 is 0 Å². The average Bonchev–Trinajstić information content (AvgIpc) is 2.88. The molecule has 4 nitrogen and oxygen atoms in total. The summed E-state index contributed by atoms with van der Waals surface area (Å²) < 4.78 is 58.4. The van der Waals surface area contributed by atoms with Gasteiger partial charge in [-0.2, -0.15) is 13.2 Å². The van der Waals surface area contributed by atoms with Crippen molar-refractivity contribution in [2.45, 2.75) is 39.0 Å². The van der Waals surface area contributed by atoms with E-state index in [-0.39, 0.29) is 34.5 Å². The van der Waals surface area contributed by atoms with Gasteiger partial charge in [-0.15, -0.1) is 0 Å². The van der Waals surface area contributed by atoms with E-state index < -0.39 is 23.1 Å². The monoisotopic (exact) mass is 518 g/mol. The van der Waals surface area contributed by atoms with E-state index in [1.807, 2.05) is 36.4 Å². The second kappa shape index (κ2) is 9.56. The fourth-order valence-corrected chi connectivity index (χ4v) is 4.14. The molecule has 0 atom stereocenters. The number of benzene rings is 4. The summed E-state index contributed by atoms with van der Waals surface area (Å²) in [7, 11) is 0. The fraction of sp³-hybridized carbons (Fsp3) is 0.194. The van der Waals surface area contributed by atoms with Crippen LogP contribution in [0.4, 0.5) is 13.2 Å². The molecule has 0 saturated carbocycles. The molecule has 0 aliphatic heterocycles. The Balaban J connectivity index is 1.46. The Hall–Kier alpha value is -4.26. The van der Waals surface area contributed by atoms with E-state index in [2.05, 4.69) is 20.8 Å². The molecule has 1 heterocycles. The van der Waals surface area contributed by atoms with Gasteiger partial charge in [-0.05, 0) is 51.6 Å². The number of hydrogen-bond acceptors (Lipinski definition) is 4. The highest BCUT2D eigenvalue weighted by molar-refractivity contribution is 5.84. The number of hydrogen-bond donors (Lipinski definition) is 0. The van der Waals surface area contributed by atoms with Crippen molar-refractivity contribution in [3.63, 3.8) is 0 Å². The van der Waals surface area contributed by atoms with Crippen LogP contribution in [0.3, 0.4) is 0 Å². The Kier molecular flexibility index (Phi) is 6.39. The lowest BCUT2D eigenvalue weighted by Gasteiger charge is -2.19. The molecule has 4 aromatic carbocycles. The summed E-state index contributed by atoms with van der Waals surface area (Å²) in [4.78, 5) is 13.1. The summed E-state index contributed by atoms with van der Waals surface area (Å²) in [5.41, 5.74) is 0.928. The van der Waals surface area contributed by atoms with Crippen LogP contribution in [0.25, 0.3) is 21.7 Å². The average molecular weight is 519 g/mol. The first kappa shape index (κ1) is 25.4. The van der Waals surface area contributed by atoms with Crippen molar-refractivity contribution >= 4 is 21.7 Å². The third-order valence-electron chi connectivity index (χ3n) is 6.25. The summed E-state index contributed by atoms with van der Waals surface area (Å²) in [5, 5.41) is 1.60. The molecule has 0 aliphatic carbocycles. The second-order valence-electron chi connectivity index (χ2n) is 10.1. The Labute approximate surface area is 217 Å². The van der Waals surface area contributed by atoms with Crippen molar-refractivity contribution in [3.05, 3.63) is 112 Å². The molecule has 7 heteroatoms. The van der Waals surface area contributed by atoms with Crippen LogP contribution in [0, 0.1) is 0 Å². The third kappa shape index (κ3) is 5.23. The van der Waals surface area contributed by atoms with Crippen LogP contribution in [-0.2, 0) is 18.2 Å². The maximum Gasteiger partial charge on any atom is 0.453 e. The van der Waals surface area contributed by atoms with Gasteiger partial charge in [0.15, 0.2) is 0 Å². The standard InChI is InChI=1S/C31H25F3O4/c1-30(2,3)22-11-8-19(9-12-22)18-36-23-14-15-25-26(17-23)38-29(31(32,33)34)28(27(25)35)37-24-13-10-20-6-4-5-7-21(20)16-24/h4-17H,18H2,1-3H3. The zero-order chi connectivity index (χ0) is 27.1. The maximum absolute atomic E-state index is 14.0. The van der Waals surface area contributed by atoms with Crippen LogP contribution in [0.1, 0.15) is 37.7 Å². The van der Waals surface area contributed by atoms with E-state index in [1.165, 1.54) is 29.8 Å². The van der Waals surface area contributed by atoms with Gasteiger partial charge in [-0.25, -0.2) is 0 Å². The minimum Gasteiger partial charge on any atom is -0.489 e. The molecule has 0 spiro atoms. The molecule has 0 N–H and O–H groups in total. The quantitative estimate of drug-likeness (QED) is 0.234. The largest absolute Gasteiger partial charge is 0.489 e. The molecule has 38 heavy (non-hydrogen) atoms. The molecule has 5 rings (SSSR count). The van der Waals surface area contributed by atoms with Gasteiger partial charge in [0.2, 0.25) is 11.2 Å². The predicted molar refractivity (Wildman–Crippen MR) is 141 cm³/mol. The number of fused-ring (bicyclic) bond motifs is 2. The Morgan fingerprint density at radius 2 is 1.47 bits per heavy atom. The Morgan fingerprint density at radius 3 is 2.16 bits per heavy atom. The second-order valence-corrected chi connectivity index (χ2v) is 10.1. The minimum absolute atomic E-state index is 0.0162. The highest BCUT2D eigenvalue weighted by Crippen LogP contribution is 2.39. The van der Waals surface area contributed by atoms with E-state index in [0.717, 1.165) is 16.3 Å². The first-order chi connectivity index (χ1) is 18.0. The van der Waals surface area contributed by atoms with Crippen LogP contribution in [-0.4, -0.2) is 0 Å². The molecule has 0 bridgehead atoms. The number of alkyl halides is 3. The molecule has 1 aromatic heterocycles. The van der Waals surface area contributed by atoms with Gasteiger partial charge in [-0.1, -0.05) is 75.4 Å². The summed E-state index contributed by atoms with van der Waals surface area (Å²) in [5.74, 6) is -2.04. The zero-order valence-corrected chi connectivity index (χ0v) is 21.1. The van der Waals surface area contributed by atoms with E-state index in [9.17, 15) is 18.0 Å². The summed E-state index contributed by atoms with van der Waals surface area (Å²) in [6.45, 7) is 6.56. The highest BCUT2D eigenvalue weighted by Gasteiger charge is 2.40. The Bertz CT molecular complexity index is 1680. The van der Waals surface area contributed by atoms with Gasteiger partial charge in [0.1, 0.15) is 23.7 Å². The van der Waals surface area contributed by atoms with Crippen molar-refractivity contribution in [2.24, 2.45) is 0 Å². The SMILES string of the molecule is CC(C)(C)c1ccc(COc2ccc3c(=O)c(Oc4ccc5ccccc5c4)c(C(F)(F)F)oc3c2)cc1. The minimum atomic E-state index is -4.95. The summed E-state index contributed by atoms with van der Waals surface area (Å²) >= 11 is 0. The van der Waals surface area contributed by atoms with Crippen LogP contribution in [0.5, 0.6) is 17.2 Å². The smallest absolute Gasteiger partial charge is 0.453 e. The highest BCUT2D eigenvalue weighted by atomic mass is 19.4. The van der Waals surface area contributed by atoms with Crippen molar-refractivity contribution in [2.75, 3.05) is 0 Å². The van der Waals surface area contributed by atoms with E-state index in [4.69, 9.17) is 13.9 Å². The van der Waals surface area contributed by atoms with Gasteiger partial charge >= 0.3 is 6.18 Å². The molecule has 0 aliphatic rings. The van der Waals surface area contributed by atoms with Gasteiger partial charge in [0.05, 0.1) is 5.39 Å². The topological polar surface area (TPSA) is 48.7 Å². The predicted octanol–water partition coefficient (Wildman–Crippen LogP) is 8.63. The molecule has 5 aromatic rings. The normalized spacial score (nSPS) is 12.2. The van der Waals surface area contributed by atoms with Crippen molar-refractivity contribution in [1.82, 2.24) is 0 Å². The van der Waals surface area contributed by atoms with Crippen LogP contribution >= 0.6 is 0 Å². The molecule has 194 valence electrons. The lowest BCUT2D eigenvalue weighted by atomic mass is 9.87. The molecule has 0 amide bonds. The number of rotatable bonds is 5. The van der Waals surface area contributed by atoms with Crippen LogP contribution in [0.2, 0.25) is 0 Å². The van der Waals surface area contributed by atoms with Gasteiger partial charge < -0.3 is 13.9 Å². The van der Waals surface area contributed by atoms with Crippen molar-refractivity contribution < 1.29 is 27.1 Å². The molecule has 0 radical (unpaired) electrons. The molecular weight excluding hydrogens is 493 g/mol. The van der Waals surface area contributed by atoms with Crippen LogP contribution in [0.15, 0.2) is 94.1 Å². The Morgan fingerprint density at radius 1 is 0.789 bits per heavy atom. The summed E-state index contributed by atoms with van der Waals surface area (Å²) in [6.07, 6.45) is -4.95. The van der Waals surface area contributed by atoms with Gasteiger partial charge in [0.25, 0.3) is 5.76 Å². The van der Waals surface area contributed by atoms with Crippen molar-refractivity contribution in [1.29, 1.82) is 0 Å². The first-order valence-electron chi connectivity index (χ1n) is 12.1. The van der Waals surface area contributed by atoms with Gasteiger partial charge in [0, 0.05) is 6.07 Å². The molecule has 0 unspecified atom stereocenters. The van der Waals surface area contributed by atoms with Crippen molar-refractivity contribution in [3.8, 4) is 17.2 Å². The first-order valence-corrected chi connectivity index (χ1v) is 12.1. The summed E-state index contributed by atoms with van der Waals surface area (Å²) in [6, 6.07) is 24.2. The molecule has 0 fully saturated rings. The lowest BCUT2D eigenvalue weighted by molar-refractivity contribution is -0.154. The molecule has 0 saturated heterocycles. The number of ether oxygens (including phenoxy) is 2. The maximum atomic E-state index is 14.0. The fourth-order valence-electron chi connectivity index (χ4n) is 4.14. The number of halogens is 3.